The number of aromatic amines is 1. The molecule has 1 atom stereocenters. The number of pyridine rings is 1. The van der Waals surface area contributed by atoms with Gasteiger partial charge in [-0.2, -0.15) is 5.10 Å². The van der Waals surface area contributed by atoms with Gasteiger partial charge in [-0.3, -0.25) is 19.8 Å². The number of aromatic hydroxyl groups is 1. The van der Waals surface area contributed by atoms with Crippen LogP contribution in [0.2, 0.25) is 0 Å². The van der Waals surface area contributed by atoms with Gasteiger partial charge in [-0.25, -0.2) is 13.8 Å². The number of aromatic nitrogens is 3. The highest BCUT2D eigenvalue weighted by molar-refractivity contribution is 5.82. The third-order valence-corrected chi connectivity index (χ3v) is 5.09. The first-order valence-corrected chi connectivity index (χ1v) is 9.60. The summed E-state index contributed by atoms with van der Waals surface area (Å²) in [6.45, 7) is 0.668. The van der Waals surface area contributed by atoms with Gasteiger partial charge in [0.05, 0.1) is 17.9 Å². The van der Waals surface area contributed by atoms with Gasteiger partial charge in [0.25, 0.3) is 5.56 Å². The lowest BCUT2D eigenvalue weighted by atomic mass is 9.98. The first kappa shape index (κ1) is 19.6. The van der Waals surface area contributed by atoms with Gasteiger partial charge in [-0.15, -0.1) is 0 Å². The Balaban J connectivity index is 1.73. The molecular weight excluding hydrogens is 389 g/mol. The number of benzene rings is 1. The molecule has 0 radical (unpaired) electrons. The second-order valence-corrected chi connectivity index (χ2v) is 6.99. The van der Waals surface area contributed by atoms with Crippen LogP contribution in [0.25, 0.3) is 5.69 Å². The van der Waals surface area contributed by atoms with E-state index in [1.165, 1.54) is 24.4 Å². The van der Waals surface area contributed by atoms with Crippen molar-refractivity contribution >= 4 is 6.21 Å². The predicted molar refractivity (Wildman–Crippen MR) is 109 cm³/mol. The van der Waals surface area contributed by atoms with Crippen LogP contribution >= 0.6 is 0 Å². The van der Waals surface area contributed by atoms with Crippen molar-refractivity contribution in [2.75, 3.05) is 6.54 Å². The van der Waals surface area contributed by atoms with E-state index in [2.05, 4.69) is 15.1 Å². The molecule has 0 unspecified atom stereocenters. The van der Waals surface area contributed by atoms with Crippen molar-refractivity contribution in [2.45, 2.75) is 25.3 Å². The first-order chi connectivity index (χ1) is 14.6. The average molecular weight is 409 g/mol. The standard InChI is InChI=1S/C21H20FN5O3/c22-16-7-1-2-9-18(16)27-20(29)15(19(28)25-21(27)30)13-24-26-11-4-3-8-17(26)14-6-5-10-23-12-14/h1-2,5-7,9-10,12-13,17,29H,3-4,8,11H2,(H,25,28,30)/t17-/m0/s1. The lowest BCUT2D eigenvalue weighted by Crippen LogP contribution is -2.33. The van der Waals surface area contributed by atoms with Crippen molar-refractivity contribution in [1.29, 1.82) is 0 Å². The lowest BCUT2D eigenvalue weighted by molar-refractivity contribution is 0.156. The van der Waals surface area contributed by atoms with Crippen molar-refractivity contribution in [3.05, 3.63) is 86.6 Å². The predicted octanol–water partition coefficient (Wildman–Crippen LogP) is 2.33. The van der Waals surface area contributed by atoms with E-state index in [0.29, 0.717) is 11.1 Å². The summed E-state index contributed by atoms with van der Waals surface area (Å²) in [5, 5.41) is 16.8. The molecule has 1 aromatic carbocycles. The van der Waals surface area contributed by atoms with E-state index in [-0.39, 0.29) is 17.3 Å². The smallest absolute Gasteiger partial charge is 0.335 e. The van der Waals surface area contributed by atoms with Gasteiger partial charge < -0.3 is 5.11 Å². The van der Waals surface area contributed by atoms with Gasteiger partial charge in [0, 0.05) is 18.9 Å². The summed E-state index contributed by atoms with van der Waals surface area (Å²) in [5.74, 6) is -1.38. The molecule has 4 rings (SSSR count). The maximum absolute atomic E-state index is 14.2. The summed E-state index contributed by atoms with van der Waals surface area (Å²) < 4.78 is 14.9. The molecule has 2 aromatic heterocycles. The highest BCUT2D eigenvalue weighted by Crippen LogP contribution is 2.30. The Morgan fingerprint density at radius 2 is 2.03 bits per heavy atom. The molecule has 3 heterocycles. The summed E-state index contributed by atoms with van der Waals surface area (Å²) in [6, 6.07) is 9.29. The van der Waals surface area contributed by atoms with Crippen LogP contribution < -0.4 is 11.2 Å². The van der Waals surface area contributed by atoms with E-state index in [4.69, 9.17) is 0 Å². The maximum atomic E-state index is 14.2. The summed E-state index contributed by atoms with van der Waals surface area (Å²) >= 11 is 0. The normalized spacial score (nSPS) is 16.8. The van der Waals surface area contributed by atoms with Crippen LogP contribution in [-0.2, 0) is 0 Å². The molecule has 3 aromatic rings. The maximum Gasteiger partial charge on any atom is 0.335 e. The largest absolute Gasteiger partial charge is 0.493 e. The number of piperidine rings is 1. The number of nitrogens with zero attached hydrogens (tertiary/aromatic N) is 4. The number of H-pyrrole nitrogens is 1. The second-order valence-electron chi connectivity index (χ2n) is 6.99. The Hall–Kier alpha value is -3.75. The molecule has 1 aliphatic rings. The van der Waals surface area contributed by atoms with Crippen molar-refractivity contribution in [2.24, 2.45) is 5.10 Å². The van der Waals surface area contributed by atoms with Crippen molar-refractivity contribution in [3.63, 3.8) is 0 Å². The minimum atomic E-state index is -0.939. The minimum absolute atomic E-state index is 0.0117. The van der Waals surface area contributed by atoms with Gasteiger partial charge in [0.2, 0.25) is 5.88 Å². The zero-order valence-electron chi connectivity index (χ0n) is 16.0. The lowest BCUT2D eigenvalue weighted by Gasteiger charge is -2.33. The topological polar surface area (TPSA) is 104 Å². The molecule has 30 heavy (non-hydrogen) atoms. The van der Waals surface area contributed by atoms with E-state index in [1.54, 1.807) is 12.4 Å². The Bertz CT molecular complexity index is 1190. The van der Waals surface area contributed by atoms with Crippen molar-refractivity contribution in [3.8, 4) is 11.6 Å². The minimum Gasteiger partial charge on any atom is -0.493 e. The van der Waals surface area contributed by atoms with Crippen LogP contribution in [0.1, 0.15) is 36.4 Å². The van der Waals surface area contributed by atoms with Crippen LogP contribution in [0.3, 0.4) is 0 Å². The van der Waals surface area contributed by atoms with E-state index >= 15 is 0 Å². The molecule has 1 saturated heterocycles. The average Bonchev–Trinajstić information content (AvgIpc) is 2.75. The molecule has 0 aliphatic carbocycles. The SMILES string of the molecule is O=c1[nH]c(=O)n(-c2ccccc2F)c(O)c1C=NN1CCCC[C@H]1c1cccnc1. The van der Waals surface area contributed by atoms with E-state index in [1.807, 2.05) is 17.1 Å². The Morgan fingerprint density at radius 1 is 1.20 bits per heavy atom. The summed E-state index contributed by atoms with van der Waals surface area (Å²) in [4.78, 5) is 30.8. The molecule has 154 valence electrons. The van der Waals surface area contributed by atoms with E-state index < -0.39 is 22.9 Å². The number of hydrazone groups is 1. The molecule has 8 nitrogen and oxygen atoms in total. The van der Waals surface area contributed by atoms with Gasteiger partial charge in [0.1, 0.15) is 11.4 Å². The van der Waals surface area contributed by atoms with Crippen LogP contribution in [0.4, 0.5) is 4.39 Å². The van der Waals surface area contributed by atoms with Crippen molar-refractivity contribution in [1.82, 2.24) is 19.5 Å². The zero-order valence-corrected chi connectivity index (χ0v) is 16.0. The van der Waals surface area contributed by atoms with E-state index in [9.17, 15) is 19.1 Å². The Labute approximate surface area is 171 Å². The third-order valence-electron chi connectivity index (χ3n) is 5.09. The highest BCUT2D eigenvalue weighted by atomic mass is 19.1. The van der Waals surface area contributed by atoms with Crippen LogP contribution in [0.15, 0.2) is 63.5 Å². The Kier molecular flexibility index (Phi) is 5.42. The fourth-order valence-electron chi connectivity index (χ4n) is 3.61. The quantitative estimate of drug-likeness (QED) is 0.644. The van der Waals surface area contributed by atoms with Gasteiger partial charge >= 0.3 is 5.69 Å². The summed E-state index contributed by atoms with van der Waals surface area (Å²) in [7, 11) is 0. The fourth-order valence-corrected chi connectivity index (χ4v) is 3.61. The summed E-state index contributed by atoms with van der Waals surface area (Å²) in [5.41, 5.74) is -1.14. The number of hydrogen-bond donors (Lipinski definition) is 2. The number of rotatable bonds is 4. The molecule has 0 saturated carbocycles. The monoisotopic (exact) mass is 409 g/mol. The van der Waals surface area contributed by atoms with Crippen LogP contribution in [-0.4, -0.2) is 37.4 Å². The fraction of sp³-hybridized carbons (Fsp3) is 0.238. The first-order valence-electron chi connectivity index (χ1n) is 9.60. The molecule has 1 aliphatic heterocycles. The van der Waals surface area contributed by atoms with Crippen molar-refractivity contribution < 1.29 is 9.50 Å². The molecular formula is C21H20FN5O3. The second kappa shape index (κ2) is 8.32. The highest BCUT2D eigenvalue weighted by Gasteiger charge is 2.23. The van der Waals surface area contributed by atoms with E-state index in [0.717, 1.165) is 30.9 Å². The molecule has 1 fully saturated rings. The number of hydrogen-bond acceptors (Lipinski definition) is 6. The third kappa shape index (κ3) is 3.73. The molecule has 2 N–H and O–H groups in total. The number of halogens is 1. The summed E-state index contributed by atoms with van der Waals surface area (Å²) in [6.07, 6.45) is 7.53. The van der Waals surface area contributed by atoms with Gasteiger partial charge in [0.15, 0.2) is 0 Å². The van der Waals surface area contributed by atoms with Gasteiger partial charge in [-0.1, -0.05) is 18.2 Å². The number of para-hydroxylation sites is 1. The molecule has 0 bridgehead atoms. The van der Waals surface area contributed by atoms with Gasteiger partial charge in [-0.05, 0) is 43.0 Å². The Morgan fingerprint density at radius 3 is 2.80 bits per heavy atom. The zero-order chi connectivity index (χ0) is 21.1. The molecule has 9 heteroatoms. The number of nitrogens with one attached hydrogen (secondary N) is 1. The molecule has 0 spiro atoms. The van der Waals surface area contributed by atoms with Crippen LogP contribution in [0.5, 0.6) is 5.88 Å². The molecule has 0 amide bonds. The van der Waals surface area contributed by atoms with Crippen LogP contribution in [0, 0.1) is 5.82 Å².